The Labute approximate surface area is 172 Å². The number of aliphatic hydroxyl groups is 2. The highest BCUT2D eigenvalue weighted by molar-refractivity contribution is 5.66. The summed E-state index contributed by atoms with van der Waals surface area (Å²) in [5.41, 5.74) is 0. The van der Waals surface area contributed by atoms with Crippen LogP contribution in [-0.2, 0) is 9.59 Å². The number of aliphatic carboxylic acids is 2. The fourth-order valence-electron chi connectivity index (χ4n) is 2.31. The molecule has 0 bridgehead atoms. The maximum atomic E-state index is 10.0. The lowest BCUT2D eigenvalue weighted by atomic mass is 10.1. The minimum atomic E-state index is -0.670. The second kappa shape index (κ2) is 28.1. The smallest absolute Gasteiger partial charge is 0.303 e. The van der Waals surface area contributed by atoms with Crippen LogP contribution in [-0.4, -0.2) is 45.1 Å². The van der Waals surface area contributed by atoms with E-state index in [9.17, 15) is 9.59 Å². The van der Waals surface area contributed by atoms with Crippen LogP contribution in [0.4, 0.5) is 0 Å². The SMILES string of the molecule is CC(O)CCCCO.CCCCCCCC(=O)O.CCCCCCCC(=O)O. The van der Waals surface area contributed by atoms with E-state index in [1.54, 1.807) is 6.92 Å². The third-order valence-electron chi connectivity index (χ3n) is 4.02. The Kier molecular flexibility index (Phi) is 31.6. The van der Waals surface area contributed by atoms with Crippen LogP contribution in [0.1, 0.15) is 117 Å². The topological polar surface area (TPSA) is 115 Å². The summed E-state index contributed by atoms with van der Waals surface area (Å²) in [7, 11) is 0. The maximum Gasteiger partial charge on any atom is 0.303 e. The van der Waals surface area contributed by atoms with Crippen LogP contribution >= 0.6 is 0 Å². The molecular formula is C22H46O6. The van der Waals surface area contributed by atoms with Gasteiger partial charge in [0.05, 0.1) is 6.10 Å². The van der Waals surface area contributed by atoms with E-state index in [-0.39, 0.29) is 12.7 Å². The van der Waals surface area contributed by atoms with Crippen molar-refractivity contribution in [1.29, 1.82) is 0 Å². The number of carboxylic acid groups (broad SMARTS) is 2. The molecule has 1 unspecified atom stereocenters. The van der Waals surface area contributed by atoms with Gasteiger partial charge in [-0.05, 0) is 39.0 Å². The normalized spacial score (nSPS) is 10.9. The van der Waals surface area contributed by atoms with Crippen molar-refractivity contribution in [3.05, 3.63) is 0 Å². The van der Waals surface area contributed by atoms with Crippen LogP contribution in [0.15, 0.2) is 0 Å². The van der Waals surface area contributed by atoms with Crippen LogP contribution < -0.4 is 0 Å². The molecule has 0 fully saturated rings. The molecule has 170 valence electrons. The highest BCUT2D eigenvalue weighted by Gasteiger charge is 1.95. The highest BCUT2D eigenvalue weighted by atomic mass is 16.4. The Morgan fingerprint density at radius 3 is 1.36 bits per heavy atom. The minimum absolute atomic E-state index is 0.207. The summed E-state index contributed by atoms with van der Waals surface area (Å²) >= 11 is 0. The molecular weight excluding hydrogens is 360 g/mol. The predicted octanol–water partition coefficient (Wildman–Crippen LogP) is 5.39. The maximum absolute atomic E-state index is 10.0. The van der Waals surface area contributed by atoms with Gasteiger partial charge < -0.3 is 20.4 Å². The van der Waals surface area contributed by atoms with E-state index >= 15 is 0 Å². The predicted molar refractivity (Wildman–Crippen MR) is 115 cm³/mol. The first-order valence-corrected chi connectivity index (χ1v) is 11.0. The summed E-state index contributed by atoms with van der Waals surface area (Å²) in [6.07, 6.45) is 14.1. The quantitative estimate of drug-likeness (QED) is 0.255. The van der Waals surface area contributed by atoms with Gasteiger partial charge in [0.2, 0.25) is 0 Å². The van der Waals surface area contributed by atoms with Crippen LogP contribution in [0.25, 0.3) is 0 Å². The van der Waals surface area contributed by atoms with E-state index in [2.05, 4.69) is 13.8 Å². The van der Waals surface area contributed by atoms with Gasteiger partial charge in [-0.3, -0.25) is 9.59 Å². The van der Waals surface area contributed by atoms with Crippen molar-refractivity contribution in [1.82, 2.24) is 0 Å². The zero-order valence-corrected chi connectivity index (χ0v) is 18.5. The molecule has 0 amide bonds. The van der Waals surface area contributed by atoms with Gasteiger partial charge in [0.25, 0.3) is 0 Å². The summed E-state index contributed by atoms with van der Waals surface area (Å²) in [5.74, 6) is -1.34. The third-order valence-corrected chi connectivity index (χ3v) is 4.02. The summed E-state index contributed by atoms with van der Waals surface area (Å²) in [6.45, 7) is 6.30. The molecule has 4 N–H and O–H groups in total. The molecule has 0 heterocycles. The average Bonchev–Trinajstić information content (AvgIpc) is 2.62. The van der Waals surface area contributed by atoms with Gasteiger partial charge in [-0.1, -0.05) is 65.2 Å². The summed E-state index contributed by atoms with van der Waals surface area (Å²) in [4.78, 5) is 20.1. The van der Waals surface area contributed by atoms with Crippen LogP contribution in [0.5, 0.6) is 0 Å². The number of aliphatic hydroxyl groups excluding tert-OH is 2. The Morgan fingerprint density at radius 2 is 1.07 bits per heavy atom. The van der Waals surface area contributed by atoms with Gasteiger partial charge in [0.1, 0.15) is 0 Å². The fourth-order valence-corrected chi connectivity index (χ4v) is 2.31. The number of carbonyl (C=O) groups is 2. The molecule has 0 rings (SSSR count). The number of hydrogen-bond donors (Lipinski definition) is 4. The molecule has 6 nitrogen and oxygen atoms in total. The highest BCUT2D eigenvalue weighted by Crippen LogP contribution is 2.05. The van der Waals surface area contributed by atoms with Crippen molar-refractivity contribution in [2.45, 2.75) is 123 Å². The molecule has 0 saturated heterocycles. The lowest BCUT2D eigenvalue weighted by Crippen LogP contribution is -1.98. The van der Waals surface area contributed by atoms with E-state index in [0.717, 1.165) is 44.9 Å². The molecule has 0 aliphatic carbocycles. The summed E-state index contributed by atoms with van der Waals surface area (Å²) in [5, 5.41) is 33.5. The average molecular weight is 407 g/mol. The molecule has 0 spiro atoms. The molecule has 0 aromatic carbocycles. The van der Waals surface area contributed by atoms with E-state index in [1.165, 1.54) is 38.5 Å². The molecule has 0 aliphatic heterocycles. The molecule has 0 aromatic heterocycles. The lowest BCUT2D eigenvalue weighted by Gasteiger charge is -1.99. The number of unbranched alkanes of at least 4 members (excludes halogenated alkanes) is 9. The second-order valence-electron chi connectivity index (χ2n) is 7.18. The van der Waals surface area contributed by atoms with Gasteiger partial charge in [0, 0.05) is 19.4 Å². The summed E-state index contributed by atoms with van der Waals surface area (Å²) in [6, 6.07) is 0. The monoisotopic (exact) mass is 406 g/mol. The first kappa shape index (κ1) is 31.6. The van der Waals surface area contributed by atoms with Gasteiger partial charge in [-0.2, -0.15) is 0 Å². The molecule has 6 heteroatoms. The van der Waals surface area contributed by atoms with E-state index in [1.807, 2.05) is 0 Å². The lowest BCUT2D eigenvalue weighted by molar-refractivity contribution is -0.138. The molecule has 0 saturated carbocycles. The zero-order valence-electron chi connectivity index (χ0n) is 18.5. The zero-order chi connectivity index (χ0) is 22.0. The number of rotatable bonds is 16. The Bertz CT molecular complexity index is 294. The standard InChI is InChI=1S/2C8H16O2.C6H14O2/c2*1-2-3-4-5-6-7-8(9)10;1-6(8)4-2-3-5-7/h2*2-7H2,1H3,(H,9,10);6-8H,2-5H2,1H3. The van der Waals surface area contributed by atoms with Gasteiger partial charge >= 0.3 is 11.9 Å². The van der Waals surface area contributed by atoms with Crippen molar-refractivity contribution in [2.75, 3.05) is 6.61 Å². The molecule has 0 aliphatic rings. The van der Waals surface area contributed by atoms with E-state index < -0.39 is 11.9 Å². The van der Waals surface area contributed by atoms with Crippen molar-refractivity contribution >= 4 is 11.9 Å². The molecule has 1 atom stereocenters. The van der Waals surface area contributed by atoms with Crippen molar-refractivity contribution in [2.24, 2.45) is 0 Å². The molecule has 0 aromatic rings. The van der Waals surface area contributed by atoms with Crippen molar-refractivity contribution in [3.63, 3.8) is 0 Å². The Morgan fingerprint density at radius 1 is 0.679 bits per heavy atom. The van der Waals surface area contributed by atoms with Gasteiger partial charge in [-0.25, -0.2) is 0 Å². The Balaban J connectivity index is -0.000000337. The molecule has 28 heavy (non-hydrogen) atoms. The third kappa shape index (κ3) is 44.4. The van der Waals surface area contributed by atoms with Crippen molar-refractivity contribution in [3.8, 4) is 0 Å². The molecule has 0 radical (unpaired) electrons. The van der Waals surface area contributed by atoms with Crippen LogP contribution in [0.2, 0.25) is 0 Å². The van der Waals surface area contributed by atoms with Gasteiger partial charge in [-0.15, -0.1) is 0 Å². The van der Waals surface area contributed by atoms with E-state index in [4.69, 9.17) is 20.4 Å². The van der Waals surface area contributed by atoms with Crippen LogP contribution in [0, 0.1) is 0 Å². The number of hydrogen-bond acceptors (Lipinski definition) is 4. The fraction of sp³-hybridized carbons (Fsp3) is 0.909. The van der Waals surface area contributed by atoms with Crippen molar-refractivity contribution < 1.29 is 30.0 Å². The number of carboxylic acids is 2. The Hall–Kier alpha value is -1.14. The van der Waals surface area contributed by atoms with Gasteiger partial charge in [0.15, 0.2) is 0 Å². The first-order valence-electron chi connectivity index (χ1n) is 11.0. The second-order valence-corrected chi connectivity index (χ2v) is 7.18. The summed E-state index contributed by atoms with van der Waals surface area (Å²) < 4.78 is 0. The van der Waals surface area contributed by atoms with Crippen LogP contribution in [0.3, 0.4) is 0 Å². The first-order chi connectivity index (χ1) is 13.3. The minimum Gasteiger partial charge on any atom is -0.481 e. The largest absolute Gasteiger partial charge is 0.481 e. The van der Waals surface area contributed by atoms with E-state index in [0.29, 0.717) is 12.8 Å².